The van der Waals surface area contributed by atoms with Crippen LogP contribution >= 0.6 is 0 Å². The van der Waals surface area contributed by atoms with Gasteiger partial charge in [-0.25, -0.2) is 5.43 Å². The molecule has 1 aliphatic rings. The van der Waals surface area contributed by atoms with Crippen LogP contribution in [0.4, 0.5) is 5.69 Å². The molecule has 0 bridgehead atoms. The SMILES string of the molecule is CCCOc1ccc(C(=O)N/N=C(/C)c2ccc(N3CCOCC3)cc2)cc1. The molecule has 1 aliphatic heterocycles. The predicted molar refractivity (Wildman–Crippen MR) is 111 cm³/mol. The summed E-state index contributed by atoms with van der Waals surface area (Å²) in [5, 5.41) is 4.24. The summed E-state index contributed by atoms with van der Waals surface area (Å²) in [4.78, 5) is 14.6. The summed E-state index contributed by atoms with van der Waals surface area (Å²) >= 11 is 0. The molecule has 1 saturated heterocycles. The van der Waals surface area contributed by atoms with Gasteiger partial charge in [0.15, 0.2) is 0 Å². The Hall–Kier alpha value is -2.86. The Kier molecular flexibility index (Phi) is 7.03. The molecule has 0 unspecified atom stereocenters. The largest absolute Gasteiger partial charge is 0.494 e. The Labute approximate surface area is 166 Å². The monoisotopic (exact) mass is 381 g/mol. The number of nitrogens with zero attached hydrogens (tertiary/aromatic N) is 2. The highest BCUT2D eigenvalue weighted by molar-refractivity contribution is 6.01. The lowest BCUT2D eigenvalue weighted by molar-refractivity contribution is 0.0955. The molecule has 0 radical (unpaired) electrons. The molecular formula is C22H27N3O3. The number of morpholine rings is 1. The number of anilines is 1. The average Bonchev–Trinajstić information content (AvgIpc) is 2.77. The zero-order chi connectivity index (χ0) is 19.8. The van der Waals surface area contributed by atoms with Gasteiger partial charge in [-0.05, 0) is 55.3 Å². The molecule has 6 nitrogen and oxygen atoms in total. The van der Waals surface area contributed by atoms with Crippen LogP contribution in [-0.4, -0.2) is 44.5 Å². The number of hydrogen-bond donors (Lipinski definition) is 1. The summed E-state index contributed by atoms with van der Waals surface area (Å²) in [6, 6.07) is 15.3. The van der Waals surface area contributed by atoms with Gasteiger partial charge in [0.05, 0.1) is 25.5 Å². The second-order valence-corrected chi connectivity index (χ2v) is 6.66. The minimum absolute atomic E-state index is 0.244. The van der Waals surface area contributed by atoms with E-state index in [-0.39, 0.29) is 5.91 Å². The highest BCUT2D eigenvalue weighted by Gasteiger charge is 2.11. The van der Waals surface area contributed by atoms with E-state index >= 15 is 0 Å². The number of ether oxygens (including phenoxy) is 2. The first-order valence-corrected chi connectivity index (χ1v) is 9.68. The minimum Gasteiger partial charge on any atom is -0.494 e. The van der Waals surface area contributed by atoms with Crippen molar-refractivity contribution >= 4 is 17.3 Å². The first-order chi connectivity index (χ1) is 13.7. The number of hydrazone groups is 1. The van der Waals surface area contributed by atoms with Crippen molar-refractivity contribution in [2.75, 3.05) is 37.8 Å². The highest BCUT2D eigenvalue weighted by Crippen LogP contribution is 2.17. The standard InChI is InChI=1S/C22H27N3O3/c1-3-14-28-21-10-6-19(7-11-21)22(26)24-23-17(2)18-4-8-20(9-5-18)25-12-15-27-16-13-25/h4-11H,3,12-16H2,1-2H3,(H,24,26)/b23-17-. The molecule has 2 aromatic carbocycles. The van der Waals surface area contributed by atoms with Crippen molar-refractivity contribution in [2.45, 2.75) is 20.3 Å². The van der Waals surface area contributed by atoms with Crippen molar-refractivity contribution in [3.8, 4) is 5.75 Å². The van der Waals surface area contributed by atoms with Crippen LogP contribution in [0.15, 0.2) is 53.6 Å². The fourth-order valence-corrected chi connectivity index (χ4v) is 2.92. The number of benzene rings is 2. The number of hydrogen-bond acceptors (Lipinski definition) is 5. The van der Waals surface area contributed by atoms with E-state index in [1.165, 1.54) is 5.69 Å². The van der Waals surface area contributed by atoms with E-state index in [4.69, 9.17) is 9.47 Å². The molecule has 1 fully saturated rings. The van der Waals surface area contributed by atoms with Gasteiger partial charge in [-0.3, -0.25) is 4.79 Å². The summed E-state index contributed by atoms with van der Waals surface area (Å²) in [5.74, 6) is 0.518. The minimum atomic E-state index is -0.244. The van der Waals surface area contributed by atoms with Gasteiger partial charge in [-0.15, -0.1) is 0 Å². The first kappa shape index (κ1) is 19.9. The number of nitrogens with one attached hydrogen (secondary N) is 1. The summed E-state index contributed by atoms with van der Waals surface area (Å²) in [5.41, 5.74) is 6.07. The Morgan fingerprint density at radius 1 is 1.07 bits per heavy atom. The summed E-state index contributed by atoms with van der Waals surface area (Å²) in [7, 11) is 0. The van der Waals surface area contributed by atoms with E-state index in [0.717, 1.165) is 49.7 Å². The number of rotatable bonds is 7. The molecule has 0 aromatic heterocycles. The first-order valence-electron chi connectivity index (χ1n) is 9.68. The smallest absolute Gasteiger partial charge is 0.271 e. The van der Waals surface area contributed by atoms with E-state index in [1.54, 1.807) is 24.3 Å². The topological polar surface area (TPSA) is 63.2 Å². The molecular weight excluding hydrogens is 354 g/mol. The van der Waals surface area contributed by atoms with Gasteiger partial charge < -0.3 is 14.4 Å². The normalized spacial score (nSPS) is 14.6. The summed E-state index contributed by atoms with van der Waals surface area (Å²) in [6.45, 7) is 7.94. The van der Waals surface area contributed by atoms with Crippen LogP contribution in [0.5, 0.6) is 5.75 Å². The van der Waals surface area contributed by atoms with Crippen molar-refractivity contribution in [3.05, 3.63) is 59.7 Å². The molecule has 0 saturated carbocycles. The molecule has 1 heterocycles. The fraction of sp³-hybridized carbons (Fsp3) is 0.364. The van der Waals surface area contributed by atoms with Gasteiger partial charge in [0.2, 0.25) is 0 Å². The van der Waals surface area contributed by atoms with E-state index in [2.05, 4.69) is 34.5 Å². The van der Waals surface area contributed by atoms with Crippen LogP contribution in [0.2, 0.25) is 0 Å². The van der Waals surface area contributed by atoms with Crippen molar-refractivity contribution in [2.24, 2.45) is 5.10 Å². The molecule has 1 amide bonds. The maximum atomic E-state index is 12.3. The van der Waals surface area contributed by atoms with E-state index < -0.39 is 0 Å². The number of amides is 1. The molecule has 6 heteroatoms. The lowest BCUT2D eigenvalue weighted by Gasteiger charge is -2.28. The molecule has 0 spiro atoms. The van der Waals surface area contributed by atoms with Crippen molar-refractivity contribution < 1.29 is 14.3 Å². The van der Waals surface area contributed by atoms with Crippen LogP contribution in [0.3, 0.4) is 0 Å². The van der Waals surface area contributed by atoms with Crippen LogP contribution in [0.1, 0.15) is 36.2 Å². The molecule has 28 heavy (non-hydrogen) atoms. The third-order valence-corrected chi connectivity index (χ3v) is 4.58. The maximum absolute atomic E-state index is 12.3. The van der Waals surface area contributed by atoms with Crippen LogP contribution in [-0.2, 0) is 4.74 Å². The second kappa shape index (κ2) is 9.90. The zero-order valence-corrected chi connectivity index (χ0v) is 16.5. The average molecular weight is 381 g/mol. The Bertz CT molecular complexity index is 795. The van der Waals surface area contributed by atoms with Gasteiger partial charge in [-0.2, -0.15) is 5.10 Å². The van der Waals surface area contributed by atoms with Gasteiger partial charge in [0.25, 0.3) is 5.91 Å². The molecule has 2 aromatic rings. The Morgan fingerprint density at radius 3 is 2.36 bits per heavy atom. The van der Waals surface area contributed by atoms with Crippen molar-refractivity contribution in [1.82, 2.24) is 5.43 Å². The van der Waals surface area contributed by atoms with E-state index in [9.17, 15) is 4.79 Å². The van der Waals surface area contributed by atoms with Gasteiger partial charge in [0.1, 0.15) is 5.75 Å². The lowest BCUT2D eigenvalue weighted by atomic mass is 10.1. The van der Waals surface area contributed by atoms with Gasteiger partial charge >= 0.3 is 0 Å². The molecule has 3 rings (SSSR count). The van der Waals surface area contributed by atoms with E-state index in [1.807, 2.05) is 19.1 Å². The lowest BCUT2D eigenvalue weighted by Crippen LogP contribution is -2.36. The molecule has 148 valence electrons. The fourth-order valence-electron chi connectivity index (χ4n) is 2.92. The van der Waals surface area contributed by atoms with Crippen LogP contribution in [0.25, 0.3) is 0 Å². The van der Waals surface area contributed by atoms with E-state index in [0.29, 0.717) is 12.2 Å². The highest BCUT2D eigenvalue weighted by atomic mass is 16.5. The van der Waals surface area contributed by atoms with Gasteiger partial charge in [-0.1, -0.05) is 19.1 Å². The third-order valence-electron chi connectivity index (χ3n) is 4.58. The molecule has 0 atom stereocenters. The summed E-state index contributed by atoms with van der Waals surface area (Å²) in [6.07, 6.45) is 0.948. The molecule has 0 aliphatic carbocycles. The Balaban J connectivity index is 1.57. The van der Waals surface area contributed by atoms with Gasteiger partial charge in [0, 0.05) is 24.3 Å². The second-order valence-electron chi connectivity index (χ2n) is 6.66. The Morgan fingerprint density at radius 2 is 1.71 bits per heavy atom. The number of carbonyl (C=O) groups excluding carboxylic acids is 1. The summed E-state index contributed by atoms with van der Waals surface area (Å²) < 4.78 is 10.9. The van der Waals surface area contributed by atoms with Crippen LogP contribution in [0, 0.1) is 0 Å². The third kappa shape index (κ3) is 5.33. The molecule has 1 N–H and O–H groups in total. The van der Waals surface area contributed by atoms with Crippen molar-refractivity contribution in [1.29, 1.82) is 0 Å². The predicted octanol–water partition coefficient (Wildman–Crippen LogP) is 3.47. The maximum Gasteiger partial charge on any atom is 0.271 e. The quantitative estimate of drug-likeness (QED) is 0.589. The number of carbonyl (C=O) groups is 1. The zero-order valence-electron chi connectivity index (χ0n) is 16.5. The van der Waals surface area contributed by atoms with Crippen LogP contribution < -0.4 is 15.1 Å². The van der Waals surface area contributed by atoms with Crippen molar-refractivity contribution in [3.63, 3.8) is 0 Å².